The number of benzene rings is 1. The summed E-state index contributed by atoms with van der Waals surface area (Å²) in [6.45, 7) is 3.46. The lowest BCUT2D eigenvalue weighted by Gasteiger charge is -2.22. The van der Waals surface area contributed by atoms with Crippen LogP contribution in [0.15, 0.2) is 30.5 Å². The van der Waals surface area contributed by atoms with Crippen LogP contribution in [0.5, 0.6) is 0 Å². The first kappa shape index (κ1) is 17.7. The van der Waals surface area contributed by atoms with Crippen molar-refractivity contribution in [3.63, 3.8) is 0 Å². The van der Waals surface area contributed by atoms with Gasteiger partial charge in [-0.3, -0.25) is 9.89 Å². The summed E-state index contributed by atoms with van der Waals surface area (Å²) in [6, 6.07) is 8.79. The minimum absolute atomic E-state index is 0.158. The van der Waals surface area contributed by atoms with Gasteiger partial charge in [0.05, 0.1) is 11.9 Å². The summed E-state index contributed by atoms with van der Waals surface area (Å²) in [6.07, 6.45) is 8.43. The zero-order valence-electron chi connectivity index (χ0n) is 15.0. The quantitative estimate of drug-likeness (QED) is 0.677. The molecule has 0 spiro atoms. The molecule has 134 valence electrons. The number of carbonyl (C=O) groups is 1. The van der Waals surface area contributed by atoms with Gasteiger partial charge < -0.3 is 10.6 Å². The van der Waals surface area contributed by atoms with E-state index in [-0.39, 0.29) is 5.91 Å². The lowest BCUT2D eigenvalue weighted by Crippen LogP contribution is -2.37. The third-order valence-corrected chi connectivity index (χ3v) is 4.87. The third kappa shape index (κ3) is 5.16. The fraction of sp³-hybridized carbons (Fsp3) is 0.500. The maximum absolute atomic E-state index is 12.0. The van der Waals surface area contributed by atoms with Crippen molar-refractivity contribution in [2.24, 2.45) is 0 Å². The van der Waals surface area contributed by atoms with E-state index in [4.69, 9.17) is 0 Å². The van der Waals surface area contributed by atoms with Gasteiger partial charge in [0.2, 0.25) is 5.91 Å². The van der Waals surface area contributed by atoms with Crippen LogP contribution in [0, 0.1) is 6.92 Å². The van der Waals surface area contributed by atoms with Gasteiger partial charge in [-0.15, -0.1) is 0 Å². The Morgan fingerprint density at radius 1 is 1.20 bits per heavy atom. The topological polar surface area (TPSA) is 69.8 Å². The van der Waals surface area contributed by atoms with Crippen molar-refractivity contribution < 1.29 is 4.79 Å². The monoisotopic (exact) mass is 340 g/mol. The highest BCUT2D eigenvalue weighted by Crippen LogP contribution is 2.21. The average molecular weight is 340 g/mol. The molecule has 0 saturated heterocycles. The molecule has 1 fully saturated rings. The number of aromatic nitrogens is 2. The number of aromatic amines is 1. The molecule has 3 rings (SSSR count). The summed E-state index contributed by atoms with van der Waals surface area (Å²) in [7, 11) is 0. The van der Waals surface area contributed by atoms with E-state index in [9.17, 15) is 4.79 Å². The van der Waals surface area contributed by atoms with Gasteiger partial charge in [0.25, 0.3) is 0 Å². The average Bonchev–Trinajstić information content (AvgIpc) is 3.09. The number of nitrogens with one attached hydrogen (secondary N) is 3. The number of hydrogen-bond acceptors (Lipinski definition) is 3. The molecule has 1 aromatic carbocycles. The maximum Gasteiger partial charge on any atom is 0.221 e. The van der Waals surface area contributed by atoms with E-state index in [1.807, 2.05) is 6.20 Å². The van der Waals surface area contributed by atoms with Crippen LogP contribution in [0.25, 0.3) is 11.3 Å². The van der Waals surface area contributed by atoms with Crippen molar-refractivity contribution >= 4 is 5.91 Å². The number of carbonyl (C=O) groups excluding carboxylic acids is 1. The third-order valence-electron chi connectivity index (χ3n) is 4.87. The molecule has 0 atom stereocenters. The molecule has 1 heterocycles. The van der Waals surface area contributed by atoms with Crippen LogP contribution in [0.1, 0.15) is 49.7 Å². The Bertz CT molecular complexity index is 671. The molecule has 1 saturated carbocycles. The summed E-state index contributed by atoms with van der Waals surface area (Å²) in [5.74, 6) is 0.158. The highest BCUT2D eigenvalue weighted by molar-refractivity contribution is 5.76. The maximum atomic E-state index is 12.0. The Morgan fingerprint density at radius 2 is 1.96 bits per heavy atom. The number of H-pyrrole nitrogens is 1. The number of hydrogen-bond donors (Lipinski definition) is 3. The lowest BCUT2D eigenvalue weighted by molar-refractivity contribution is -0.121. The molecule has 1 aromatic heterocycles. The highest BCUT2D eigenvalue weighted by atomic mass is 16.1. The van der Waals surface area contributed by atoms with Crippen LogP contribution in [0.3, 0.4) is 0 Å². The first-order valence-corrected chi connectivity index (χ1v) is 9.32. The van der Waals surface area contributed by atoms with Crippen molar-refractivity contribution in [1.29, 1.82) is 0 Å². The Kier molecular flexibility index (Phi) is 6.23. The largest absolute Gasteiger partial charge is 0.353 e. The fourth-order valence-corrected chi connectivity index (χ4v) is 3.39. The van der Waals surface area contributed by atoms with Crippen LogP contribution in [-0.2, 0) is 11.3 Å². The van der Waals surface area contributed by atoms with E-state index < -0.39 is 0 Å². The molecular formula is C20H28N4O. The number of aryl methyl sites for hydroxylation is 1. The molecule has 0 radical (unpaired) electrons. The Balaban J connectivity index is 1.43. The molecule has 1 aliphatic carbocycles. The predicted octanol–water partition coefficient (Wildman–Crippen LogP) is 3.31. The van der Waals surface area contributed by atoms with Gasteiger partial charge in [-0.2, -0.15) is 5.10 Å². The first-order chi connectivity index (χ1) is 12.2. The molecule has 0 unspecified atom stereocenters. The van der Waals surface area contributed by atoms with Crippen molar-refractivity contribution in [2.75, 3.05) is 6.54 Å². The van der Waals surface area contributed by atoms with Crippen LogP contribution in [0.4, 0.5) is 0 Å². The van der Waals surface area contributed by atoms with E-state index in [0.29, 0.717) is 25.6 Å². The zero-order chi connectivity index (χ0) is 17.5. The van der Waals surface area contributed by atoms with Crippen LogP contribution in [0.2, 0.25) is 0 Å². The molecule has 1 amide bonds. The smallest absolute Gasteiger partial charge is 0.221 e. The molecule has 3 N–H and O–H groups in total. The number of amides is 1. The molecule has 1 aliphatic rings. The summed E-state index contributed by atoms with van der Waals surface area (Å²) >= 11 is 0. The van der Waals surface area contributed by atoms with E-state index in [1.165, 1.54) is 24.8 Å². The molecule has 2 aromatic rings. The second-order valence-electron chi connectivity index (χ2n) is 6.97. The molecule has 25 heavy (non-hydrogen) atoms. The Morgan fingerprint density at radius 3 is 2.72 bits per heavy atom. The van der Waals surface area contributed by atoms with E-state index in [1.54, 1.807) is 0 Å². The Hall–Kier alpha value is -2.14. The van der Waals surface area contributed by atoms with Crippen LogP contribution < -0.4 is 10.6 Å². The molecule has 0 aliphatic heterocycles. The summed E-state index contributed by atoms with van der Waals surface area (Å²) in [4.78, 5) is 12.0. The van der Waals surface area contributed by atoms with E-state index in [2.05, 4.69) is 52.0 Å². The molecule has 5 heteroatoms. The van der Waals surface area contributed by atoms with Gasteiger partial charge in [0, 0.05) is 31.1 Å². The van der Waals surface area contributed by atoms with Gasteiger partial charge >= 0.3 is 0 Å². The SMILES string of the molecule is Cc1ccc(-c2[nH]ncc2CNCCC(=O)NC2CCCCC2)cc1. The van der Waals surface area contributed by atoms with Crippen molar-refractivity contribution in [3.05, 3.63) is 41.6 Å². The van der Waals surface area contributed by atoms with E-state index in [0.717, 1.165) is 29.7 Å². The molecule has 5 nitrogen and oxygen atoms in total. The normalized spacial score (nSPS) is 15.2. The second kappa shape index (κ2) is 8.81. The van der Waals surface area contributed by atoms with Gasteiger partial charge in [-0.05, 0) is 25.3 Å². The van der Waals surface area contributed by atoms with Crippen LogP contribution in [-0.4, -0.2) is 28.7 Å². The number of rotatable bonds is 7. The van der Waals surface area contributed by atoms with Gasteiger partial charge in [0.15, 0.2) is 0 Å². The van der Waals surface area contributed by atoms with Crippen molar-refractivity contribution in [1.82, 2.24) is 20.8 Å². The minimum atomic E-state index is 0.158. The highest BCUT2D eigenvalue weighted by Gasteiger charge is 2.15. The first-order valence-electron chi connectivity index (χ1n) is 9.32. The molecular weight excluding hydrogens is 312 g/mol. The number of nitrogens with zero attached hydrogens (tertiary/aromatic N) is 1. The summed E-state index contributed by atoms with van der Waals surface area (Å²) in [5.41, 5.74) is 4.54. The minimum Gasteiger partial charge on any atom is -0.353 e. The summed E-state index contributed by atoms with van der Waals surface area (Å²) < 4.78 is 0. The lowest BCUT2D eigenvalue weighted by atomic mass is 9.95. The van der Waals surface area contributed by atoms with Gasteiger partial charge in [0.1, 0.15) is 0 Å². The molecule has 0 bridgehead atoms. The Labute approximate surface area is 149 Å². The standard InChI is InChI=1S/C20H28N4O/c1-15-7-9-16(10-8-15)20-17(14-22-24-20)13-21-12-11-19(25)23-18-5-3-2-4-6-18/h7-10,14,18,21H,2-6,11-13H2,1H3,(H,22,24)(H,23,25). The second-order valence-corrected chi connectivity index (χ2v) is 6.97. The fourth-order valence-electron chi connectivity index (χ4n) is 3.39. The van der Waals surface area contributed by atoms with Gasteiger partial charge in [-0.25, -0.2) is 0 Å². The van der Waals surface area contributed by atoms with Gasteiger partial charge in [-0.1, -0.05) is 49.1 Å². The van der Waals surface area contributed by atoms with E-state index >= 15 is 0 Å². The summed E-state index contributed by atoms with van der Waals surface area (Å²) in [5, 5.41) is 13.8. The van der Waals surface area contributed by atoms with Crippen LogP contribution >= 0.6 is 0 Å². The predicted molar refractivity (Wildman–Crippen MR) is 100 cm³/mol. The van der Waals surface area contributed by atoms with Crippen molar-refractivity contribution in [3.8, 4) is 11.3 Å². The zero-order valence-corrected chi connectivity index (χ0v) is 15.0. The van der Waals surface area contributed by atoms with Crippen molar-refractivity contribution in [2.45, 2.75) is 58.0 Å².